The van der Waals surface area contributed by atoms with Crippen molar-refractivity contribution in [3.05, 3.63) is 157 Å². The van der Waals surface area contributed by atoms with Crippen molar-refractivity contribution in [2.75, 3.05) is 0 Å². The standard InChI is InChI=1S/C44H26S/c1-2-8-27(9-3-1)32-24-33(35-21-18-31-17-16-28-10-6-11-29-20-23-39(35)42(31)41(28)29)26-34(25-32)36-22-19-30-12-7-14-38-37-13-4-5-15-40(37)45-44(36)43(30)38/h1-26H/i1D,2D,3D,4D,5D,6D,7D,8D,9D,10D,11D,12D,13D,14D,15D,16D,17D,18D,19D,20D,21D,22D,23D,24D,25D,26D. The quantitative estimate of drug-likeness (QED) is 0.179. The molecule has 0 spiro atoms. The average molecular weight is 613 g/mol. The lowest BCUT2D eigenvalue weighted by molar-refractivity contribution is 1.39. The second kappa shape index (κ2) is 9.56. The van der Waals surface area contributed by atoms with Gasteiger partial charge in [0, 0.05) is 15.2 Å². The summed E-state index contributed by atoms with van der Waals surface area (Å²) in [6, 6.07) is -21.6. The van der Waals surface area contributed by atoms with E-state index in [1.54, 1.807) is 0 Å². The number of fused-ring (bicyclic) bond motifs is 2. The molecular weight excluding hydrogens is 561 g/mol. The van der Waals surface area contributed by atoms with Gasteiger partial charge >= 0.3 is 0 Å². The van der Waals surface area contributed by atoms with Crippen LogP contribution in [-0.2, 0) is 0 Å². The van der Waals surface area contributed by atoms with Crippen LogP contribution in [0.5, 0.6) is 0 Å². The fraction of sp³-hybridized carbons (Fsp3) is 0. The minimum Gasteiger partial charge on any atom is -0.0881 e. The van der Waals surface area contributed by atoms with Crippen molar-refractivity contribution in [2.24, 2.45) is 0 Å². The van der Waals surface area contributed by atoms with Gasteiger partial charge in [-0.15, -0.1) is 0 Å². The summed E-state index contributed by atoms with van der Waals surface area (Å²) >= 11 is 0.543. The predicted octanol–water partition coefficient (Wildman–Crippen LogP) is 12.9. The van der Waals surface area contributed by atoms with E-state index in [1.807, 2.05) is 0 Å². The molecule has 0 bridgehead atoms. The van der Waals surface area contributed by atoms with Crippen LogP contribution in [0.2, 0.25) is 0 Å². The molecule has 0 nitrogen and oxygen atoms in total. The van der Waals surface area contributed by atoms with E-state index in [-0.39, 0.29) is 37.1 Å². The van der Waals surface area contributed by atoms with Gasteiger partial charge in [-0.05, 0) is 106 Å². The number of rotatable bonds is 3. The summed E-state index contributed by atoms with van der Waals surface area (Å²) in [5, 5.41) is -3.26. The van der Waals surface area contributed by atoms with E-state index >= 15 is 0 Å². The summed E-state index contributed by atoms with van der Waals surface area (Å²) in [6.45, 7) is 0. The van der Waals surface area contributed by atoms with Gasteiger partial charge in [0.2, 0.25) is 0 Å². The Kier molecular flexibility index (Phi) is 2.26. The van der Waals surface area contributed by atoms with Crippen molar-refractivity contribution < 1.29 is 35.6 Å². The summed E-state index contributed by atoms with van der Waals surface area (Å²) in [5.74, 6) is 0. The Morgan fingerprint density at radius 1 is 0.356 bits per heavy atom. The number of hydrogen-bond acceptors (Lipinski definition) is 1. The van der Waals surface area contributed by atoms with Gasteiger partial charge in [0.05, 0.1) is 35.6 Å². The average Bonchev–Trinajstić information content (AvgIpc) is 3.33. The van der Waals surface area contributed by atoms with Gasteiger partial charge in [0.1, 0.15) is 0 Å². The molecule has 45 heavy (non-hydrogen) atoms. The summed E-state index contributed by atoms with van der Waals surface area (Å²) in [7, 11) is 0. The first-order valence-corrected chi connectivity index (χ1v) is 14.2. The van der Waals surface area contributed by atoms with Crippen LogP contribution in [0.1, 0.15) is 35.6 Å². The SMILES string of the molecule is [2H]c1c([2H])c([2H])c(-c2c([2H])c(-c3c([2H])c([2H])c4c([2H])c([2H])c([2H])c5c4c3Sc3c([2H])c([2H])c([2H])c([2H])c3-5)c([2H])c(-c3c([2H])c([2H])c4c([2H])c([2H])c5c([2H])c([2H])c([2H])c6c([2H])c([2H])c3c4c56)c2[2H])c([2H])c1[2H]. The predicted molar refractivity (Wildman–Crippen MR) is 194 cm³/mol. The molecule has 1 aliphatic heterocycles. The van der Waals surface area contributed by atoms with Crippen molar-refractivity contribution in [1.82, 2.24) is 0 Å². The lowest BCUT2D eigenvalue weighted by atomic mass is 9.87. The van der Waals surface area contributed by atoms with Gasteiger partial charge in [0.25, 0.3) is 0 Å². The molecule has 1 heteroatoms. The smallest absolute Gasteiger partial charge is 0.0636 e. The molecule has 9 aromatic carbocycles. The van der Waals surface area contributed by atoms with Crippen molar-refractivity contribution >= 4 is 54.9 Å². The Bertz CT molecular complexity index is 4030. The first-order chi connectivity index (χ1) is 33.2. The topological polar surface area (TPSA) is 0 Å². The molecule has 0 radical (unpaired) electrons. The van der Waals surface area contributed by atoms with Crippen LogP contribution in [-0.4, -0.2) is 0 Å². The first-order valence-electron chi connectivity index (χ1n) is 26.4. The monoisotopic (exact) mass is 612 g/mol. The highest BCUT2D eigenvalue weighted by molar-refractivity contribution is 8.00. The van der Waals surface area contributed by atoms with Crippen LogP contribution in [0.3, 0.4) is 0 Å². The molecule has 0 aliphatic carbocycles. The van der Waals surface area contributed by atoms with Crippen LogP contribution in [0, 0.1) is 0 Å². The van der Waals surface area contributed by atoms with E-state index < -0.39 is 217 Å². The minimum absolute atomic E-state index is 0.269. The van der Waals surface area contributed by atoms with Gasteiger partial charge in [-0.2, -0.15) is 0 Å². The van der Waals surface area contributed by atoms with Crippen molar-refractivity contribution in [2.45, 2.75) is 9.79 Å². The highest BCUT2D eigenvalue weighted by Crippen LogP contribution is 2.52. The van der Waals surface area contributed by atoms with E-state index in [0.717, 1.165) is 0 Å². The summed E-state index contributed by atoms with van der Waals surface area (Å²) < 4.78 is 235. The lowest BCUT2D eigenvalue weighted by Crippen LogP contribution is -1.95. The van der Waals surface area contributed by atoms with E-state index in [2.05, 4.69) is 0 Å². The first kappa shape index (κ1) is 10.6. The van der Waals surface area contributed by atoms with Gasteiger partial charge < -0.3 is 0 Å². The Labute approximate surface area is 302 Å². The van der Waals surface area contributed by atoms with Crippen LogP contribution >= 0.6 is 11.8 Å². The zero-order valence-electron chi connectivity index (χ0n) is 48.4. The molecule has 208 valence electrons. The molecule has 0 aromatic heterocycles. The molecule has 0 saturated heterocycles. The van der Waals surface area contributed by atoms with Gasteiger partial charge in [-0.25, -0.2) is 0 Å². The van der Waals surface area contributed by atoms with Crippen molar-refractivity contribution in [3.8, 4) is 44.5 Å². The fourth-order valence-corrected chi connectivity index (χ4v) is 6.75. The van der Waals surface area contributed by atoms with E-state index in [9.17, 15) is 12.3 Å². The third-order valence-corrected chi connectivity index (χ3v) is 8.68. The minimum atomic E-state index is -1.03. The zero-order chi connectivity index (χ0) is 52.1. The molecule has 9 aromatic rings. The maximum absolute atomic E-state index is 10.1. The van der Waals surface area contributed by atoms with Crippen LogP contribution in [0.15, 0.2) is 167 Å². The van der Waals surface area contributed by atoms with Gasteiger partial charge in [-0.3, -0.25) is 0 Å². The molecule has 1 heterocycles. The number of benzene rings is 9. The zero-order valence-corrected chi connectivity index (χ0v) is 23.2. The Hall–Kier alpha value is -5.37. The third kappa shape index (κ3) is 3.75. The lowest BCUT2D eigenvalue weighted by Gasteiger charge is -2.23. The molecule has 0 saturated carbocycles. The van der Waals surface area contributed by atoms with Crippen LogP contribution < -0.4 is 0 Å². The third-order valence-electron chi connectivity index (χ3n) is 7.56. The highest BCUT2D eigenvalue weighted by atomic mass is 32.2. The van der Waals surface area contributed by atoms with E-state index in [0.29, 0.717) is 11.8 Å². The van der Waals surface area contributed by atoms with Gasteiger partial charge in [0.15, 0.2) is 0 Å². The second-order valence-corrected chi connectivity index (χ2v) is 11.0. The molecule has 0 unspecified atom stereocenters. The number of hydrogen-bond donors (Lipinski definition) is 0. The molecular formula is C44H26S. The largest absolute Gasteiger partial charge is 0.0881 e. The fourth-order valence-electron chi connectivity index (χ4n) is 5.62. The van der Waals surface area contributed by atoms with Crippen molar-refractivity contribution in [3.63, 3.8) is 0 Å². The van der Waals surface area contributed by atoms with E-state index in [4.69, 9.17) is 23.3 Å². The highest BCUT2D eigenvalue weighted by Gasteiger charge is 2.23. The summed E-state index contributed by atoms with van der Waals surface area (Å²) in [6.07, 6.45) is 0. The molecule has 0 amide bonds. The van der Waals surface area contributed by atoms with E-state index in [1.165, 1.54) is 0 Å². The van der Waals surface area contributed by atoms with Crippen LogP contribution in [0.4, 0.5) is 0 Å². The van der Waals surface area contributed by atoms with Crippen molar-refractivity contribution in [1.29, 1.82) is 0 Å². The summed E-state index contributed by atoms with van der Waals surface area (Å²) in [4.78, 5) is -0.571. The Balaban J connectivity index is 1.51. The molecule has 0 N–H and O–H groups in total. The molecule has 1 aliphatic rings. The Morgan fingerprint density at radius 3 is 1.76 bits per heavy atom. The molecule has 0 atom stereocenters. The maximum atomic E-state index is 10.1. The second-order valence-electron chi connectivity index (χ2n) is 10.0. The normalized spacial score (nSPS) is 20.4. The summed E-state index contributed by atoms with van der Waals surface area (Å²) in [5.41, 5.74) is -5.27. The molecule has 10 rings (SSSR count). The van der Waals surface area contributed by atoms with Crippen LogP contribution in [0.25, 0.3) is 87.6 Å². The van der Waals surface area contributed by atoms with Gasteiger partial charge in [-0.1, -0.05) is 145 Å². The molecule has 0 fully saturated rings. The maximum Gasteiger partial charge on any atom is 0.0636 e. The Morgan fingerprint density at radius 2 is 0.933 bits per heavy atom.